The minimum absolute atomic E-state index is 0.176. The lowest BCUT2D eigenvalue weighted by Gasteiger charge is -2.19. The quantitative estimate of drug-likeness (QED) is 0.466. The van der Waals surface area contributed by atoms with E-state index in [0.717, 1.165) is 36.0 Å². The molecule has 2 heterocycles. The van der Waals surface area contributed by atoms with Crippen molar-refractivity contribution in [2.75, 3.05) is 0 Å². The largest absolute Gasteiger partial charge is 0.433 e. The van der Waals surface area contributed by atoms with Crippen LogP contribution in [0.4, 0.5) is 26.3 Å². The molecule has 1 aromatic carbocycles. The van der Waals surface area contributed by atoms with Crippen molar-refractivity contribution in [1.82, 2.24) is 15.3 Å². The Kier molecular flexibility index (Phi) is 6.97. The number of rotatable bonds is 5. The van der Waals surface area contributed by atoms with E-state index in [1.165, 1.54) is 19.2 Å². The van der Waals surface area contributed by atoms with Crippen LogP contribution in [0.25, 0.3) is 11.3 Å². The SMILES string of the molecule is Cc1ccc(-c2cc(C(=O)N[C@H](C)c3ccc(C(F)(F)F)nc3)cc(C(O)C(F)(F)F)c2)nc1. The highest BCUT2D eigenvalue weighted by molar-refractivity contribution is 5.96. The smallest absolute Gasteiger partial charge is 0.379 e. The lowest BCUT2D eigenvalue weighted by atomic mass is 9.98. The van der Waals surface area contributed by atoms with Crippen molar-refractivity contribution in [3.63, 3.8) is 0 Å². The van der Waals surface area contributed by atoms with Crippen LogP contribution >= 0.6 is 0 Å². The van der Waals surface area contributed by atoms with E-state index < -0.39 is 41.7 Å². The lowest BCUT2D eigenvalue weighted by Crippen LogP contribution is -2.27. The molecule has 0 saturated carbocycles. The van der Waals surface area contributed by atoms with E-state index in [-0.39, 0.29) is 22.4 Å². The molecule has 0 aliphatic heterocycles. The molecule has 2 aromatic heterocycles. The molecular formula is C23H19F6N3O2. The molecule has 11 heteroatoms. The van der Waals surface area contributed by atoms with E-state index in [1.807, 2.05) is 0 Å². The van der Waals surface area contributed by atoms with Gasteiger partial charge in [-0.1, -0.05) is 12.1 Å². The molecule has 5 nitrogen and oxygen atoms in total. The van der Waals surface area contributed by atoms with Crippen LogP contribution < -0.4 is 5.32 Å². The van der Waals surface area contributed by atoms with E-state index in [4.69, 9.17) is 0 Å². The number of nitrogens with zero attached hydrogens (tertiary/aromatic N) is 2. The highest BCUT2D eigenvalue weighted by Crippen LogP contribution is 2.35. The van der Waals surface area contributed by atoms with Gasteiger partial charge in [0.1, 0.15) is 5.69 Å². The molecule has 2 atom stereocenters. The second-order valence-corrected chi connectivity index (χ2v) is 7.68. The number of carbonyl (C=O) groups is 1. The first-order chi connectivity index (χ1) is 15.8. The van der Waals surface area contributed by atoms with Crippen LogP contribution in [0, 0.1) is 6.92 Å². The third-order valence-corrected chi connectivity index (χ3v) is 4.97. The summed E-state index contributed by atoms with van der Waals surface area (Å²) >= 11 is 0. The van der Waals surface area contributed by atoms with Gasteiger partial charge in [-0.05, 0) is 60.9 Å². The summed E-state index contributed by atoms with van der Waals surface area (Å²) in [6.45, 7) is 3.26. The number of hydrogen-bond donors (Lipinski definition) is 2. The molecule has 0 aliphatic carbocycles. The predicted octanol–water partition coefficient (Wildman–Crippen LogP) is 5.56. The number of benzene rings is 1. The van der Waals surface area contributed by atoms with Gasteiger partial charge < -0.3 is 10.4 Å². The molecular weight excluding hydrogens is 464 g/mol. The van der Waals surface area contributed by atoms with Crippen LogP contribution in [-0.4, -0.2) is 27.2 Å². The average Bonchev–Trinajstić information content (AvgIpc) is 2.77. The molecule has 2 N–H and O–H groups in total. The highest BCUT2D eigenvalue weighted by Gasteiger charge is 2.40. The normalized spacial score (nSPS) is 13.9. The zero-order valence-corrected chi connectivity index (χ0v) is 17.9. The number of nitrogens with one attached hydrogen (secondary N) is 1. The highest BCUT2D eigenvalue weighted by atomic mass is 19.4. The van der Waals surface area contributed by atoms with Crippen molar-refractivity contribution in [2.24, 2.45) is 0 Å². The number of carbonyl (C=O) groups excluding carboxylic acids is 1. The minimum Gasteiger partial charge on any atom is -0.379 e. The van der Waals surface area contributed by atoms with Gasteiger partial charge in [-0.25, -0.2) is 0 Å². The number of aromatic nitrogens is 2. The zero-order chi connectivity index (χ0) is 25.3. The van der Waals surface area contributed by atoms with Crippen molar-refractivity contribution in [3.05, 3.63) is 82.8 Å². The number of aliphatic hydroxyl groups excluding tert-OH is 1. The van der Waals surface area contributed by atoms with Crippen molar-refractivity contribution in [1.29, 1.82) is 0 Å². The minimum atomic E-state index is -4.97. The third kappa shape index (κ3) is 5.90. The van der Waals surface area contributed by atoms with E-state index in [0.29, 0.717) is 0 Å². The molecule has 34 heavy (non-hydrogen) atoms. The van der Waals surface area contributed by atoms with Crippen LogP contribution in [0.15, 0.2) is 54.9 Å². The number of pyridine rings is 2. The Morgan fingerprint density at radius 2 is 1.65 bits per heavy atom. The van der Waals surface area contributed by atoms with Crippen molar-refractivity contribution < 1.29 is 36.2 Å². The number of alkyl halides is 6. The number of halogens is 6. The second-order valence-electron chi connectivity index (χ2n) is 7.68. The molecule has 0 aliphatic rings. The molecule has 0 saturated heterocycles. The Hall–Kier alpha value is -3.47. The molecule has 3 aromatic rings. The number of hydrogen-bond acceptors (Lipinski definition) is 4. The number of aliphatic hydroxyl groups is 1. The van der Waals surface area contributed by atoms with Gasteiger partial charge in [0, 0.05) is 23.5 Å². The Balaban J connectivity index is 1.93. The fourth-order valence-corrected chi connectivity index (χ4v) is 3.11. The van der Waals surface area contributed by atoms with Gasteiger partial charge in [0.15, 0.2) is 6.10 Å². The van der Waals surface area contributed by atoms with E-state index in [9.17, 15) is 36.2 Å². The Labute approximate surface area is 190 Å². The summed E-state index contributed by atoms with van der Waals surface area (Å²) in [5.41, 5.74) is -0.309. The molecule has 0 spiro atoms. The Morgan fingerprint density at radius 3 is 2.18 bits per heavy atom. The number of aryl methyl sites for hydroxylation is 1. The fraction of sp³-hybridized carbons (Fsp3) is 0.261. The summed E-state index contributed by atoms with van der Waals surface area (Å²) in [5, 5.41) is 12.3. The first-order valence-electron chi connectivity index (χ1n) is 9.92. The summed E-state index contributed by atoms with van der Waals surface area (Å²) in [6, 6.07) is 7.67. The summed E-state index contributed by atoms with van der Waals surface area (Å²) in [6.07, 6.45) is -9.96. The standard InChI is InChI=1S/C23H19F6N3O2/c1-12-3-5-18(30-10-12)15-7-16(20(33)23(27,28)29)9-17(8-15)21(34)32-13(2)14-4-6-19(31-11-14)22(24,25)26/h3-11,13,20,33H,1-2H3,(H,32,34)/t13-,20?/m1/s1. The monoisotopic (exact) mass is 483 g/mol. The molecule has 1 unspecified atom stereocenters. The third-order valence-electron chi connectivity index (χ3n) is 4.97. The maximum atomic E-state index is 13.1. The van der Waals surface area contributed by atoms with Gasteiger partial charge in [0.25, 0.3) is 5.91 Å². The van der Waals surface area contributed by atoms with Crippen molar-refractivity contribution >= 4 is 5.91 Å². The van der Waals surface area contributed by atoms with Gasteiger partial charge >= 0.3 is 12.4 Å². The average molecular weight is 483 g/mol. The van der Waals surface area contributed by atoms with Crippen LogP contribution in [0.2, 0.25) is 0 Å². The van der Waals surface area contributed by atoms with E-state index >= 15 is 0 Å². The molecule has 0 radical (unpaired) electrons. The first-order valence-corrected chi connectivity index (χ1v) is 9.92. The molecule has 180 valence electrons. The maximum absolute atomic E-state index is 13.1. The van der Waals surface area contributed by atoms with Gasteiger partial charge in [0.2, 0.25) is 0 Å². The second kappa shape index (κ2) is 9.41. The summed E-state index contributed by atoms with van der Waals surface area (Å²) < 4.78 is 77.6. The van der Waals surface area contributed by atoms with Gasteiger partial charge in [-0.3, -0.25) is 14.8 Å². The topological polar surface area (TPSA) is 75.1 Å². The molecule has 0 bridgehead atoms. The Bertz CT molecular complexity index is 1160. The van der Waals surface area contributed by atoms with Crippen molar-refractivity contribution in [3.8, 4) is 11.3 Å². The molecule has 3 rings (SSSR count). The van der Waals surface area contributed by atoms with Gasteiger partial charge in [0.05, 0.1) is 11.7 Å². The Morgan fingerprint density at radius 1 is 0.941 bits per heavy atom. The van der Waals surface area contributed by atoms with E-state index in [2.05, 4.69) is 15.3 Å². The van der Waals surface area contributed by atoms with Gasteiger partial charge in [-0.15, -0.1) is 0 Å². The zero-order valence-electron chi connectivity index (χ0n) is 17.9. The number of amides is 1. The summed E-state index contributed by atoms with van der Waals surface area (Å²) in [4.78, 5) is 20.3. The van der Waals surface area contributed by atoms with Crippen LogP contribution in [0.3, 0.4) is 0 Å². The lowest BCUT2D eigenvalue weighted by molar-refractivity contribution is -0.206. The maximum Gasteiger partial charge on any atom is 0.433 e. The fourth-order valence-electron chi connectivity index (χ4n) is 3.11. The van der Waals surface area contributed by atoms with Crippen LogP contribution in [-0.2, 0) is 6.18 Å². The first kappa shape index (κ1) is 25.2. The van der Waals surface area contributed by atoms with Crippen LogP contribution in [0.5, 0.6) is 0 Å². The summed E-state index contributed by atoms with van der Waals surface area (Å²) in [5.74, 6) is -0.794. The summed E-state index contributed by atoms with van der Waals surface area (Å²) in [7, 11) is 0. The van der Waals surface area contributed by atoms with E-state index in [1.54, 1.807) is 19.1 Å². The van der Waals surface area contributed by atoms with Gasteiger partial charge in [-0.2, -0.15) is 26.3 Å². The van der Waals surface area contributed by atoms with Crippen LogP contribution in [0.1, 0.15) is 51.8 Å². The van der Waals surface area contributed by atoms with Crippen molar-refractivity contribution in [2.45, 2.75) is 38.3 Å². The molecule has 1 amide bonds. The predicted molar refractivity (Wildman–Crippen MR) is 111 cm³/mol. The molecule has 0 fully saturated rings.